The number of carbonyl (C=O) groups excluding carboxylic acids is 2. The number of ether oxygens (including phenoxy) is 5. The van der Waals surface area contributed by atoms with Crippen molar-refractivity contribution in [1.82, 2.24) is 9.47 Å². The van der Waals surface area contributed by atoms with Gasteiger partial charge in [-0.05, 0) is 61.2 Å². The van der Waals surface area contributed by atoms with Crippen LogP contribution in [0.15, 0.2) is 82.1 Å². The number of carbonyl (C=O) groups is 2. The molecule has 11 nitrogen and oxygen atoms in total. The summed E-state index contributed by atoms with van der Waals surface area (Å²) >= 11 is 1.21. The Balaban J connectivity index is 1.47. The van der Waals surface area contributed by atoms with Crippen LogP contribution >= 0.6 is 11.3 Å². The Hall–Kier alpha value is -5.36. The summed E-state index contributed by atoms with van der Waals surface area (Å²) in [7, 11) is 4.59. The van der Waals surface area contributed by atoms with Gasteiger partial charge in [-0.3, -0.25) is 14.2 Å². The first kappa shape index (κ1) is 33.5. The molecule has 1 atom stereocenters. The van der Waals surface area contributed by atoms with E-state index < -0.39 is 12.0 Å². The summed E-state index contributed by atoms with van der Waals surface area (Å²) in [6.07, 6.45) is 3.75. The number of methoxy groups -OCH3 is 3. The van der Waals surface area contributed by atoms with Crippen molar-refractivity contribution in [3.05, 3.63) is 109 Å². The molecule has 1 saturated heterocycles. The second kappa shape index (κ2) is 14.8. The molecule has 2 aliphatic heterocycles. The minimum absolute atomic E-state index is 0.0640. The van der Waals surface area contributed by atoms with E-state index in [-0.39, 0.29) is 30.3 Å². The summed E-state index contributed by atoms with van der Waals surface area (Å²) in [6, 6.07) is 19.0. The third kappa shape index (κ3) is 6.82. The first-order chi connectivity index (χ1) is 23.9. The fraction of sp³-hybridized carbons (Fsp3) is 0.297. The third-order valence-corrected chi connectivity index (χ3v) is 9.38. The van der Waals surface area contributed by atoms with Crippen molar-refractivity contribution in [1.29, 1.82) is 0 Å². The van der Waals surface area contributed by atoms with Gasteiger partial charge in [-0.25, -0.2) is 9.79 Å². The Morgan fingerprint density at radius 2 is 1.59 bits per heavy atom. The van der Waals surface area contributed by atoms with E-state index in [1.807, 2.05) is 30.3 Å². The molecule has 0 N–H and O–H groups in total. The lowest BCUT2D eigenvalue weighted by molar-refractivity contribution is -0.139. The molecule has 1 aromatic heterocycles. The van der Waals surface area contributed by atoms with Gasteiger partial charge < -0.3 is 28.6 Å². The van der Waals surface area contributed by atoms with Crippen molar-refractivity contribution in [3.8, 4) is 23.0 Å². The van der Waals surface area contributed by atoms with E-state index in [2.05, 4.69) is 0 Å². The smallest absolute Gasteiger partial charge is 0.338 e. The molecule has 12 heteroatoms. The van der Waals surface area contributed by atoms with Crippen molar-refractivity contribution in [2.45, 2.75) is 25.8 Å². The standard InChI is InChI=1S/C37H37N3O8S/c1-5-47-36(43)32-33(24-11-7-6-8-12-24)38-37-40(34(32)25-14-16-26(44-2)29(21-25)46-4)35(42)30(49-37)20-23-13-15-27(28(19-23)45-3)48-22-31(41)39-17-9-10-18-39/h6-8,11-16,19-21,34H,5,9-10,17-18,22H2,1-4H3/b30-20+/t34-/m0/s1. The maximum absolute atomic E-state index is 14.3. The Bertz CT molecular complexity index is 2080. The van der Waals surface area contributed by atoms with E-state index in [1.54, 1.807) is 61.4 Å². The molecule has 4 aromatic rings. The van der Waals surface area contributed by atoms with Gasteiger partial charge >= 0.3 is 5.97 Å². The number of thiazole rings is 1. The lowest BCUT2D eigenvalue weighted by Crippen LogP contribution is -2.40. The lowest BCUT2D eigenvalue weighted by atomic mass is 9.93. The third-order valence-electron chi connectivity index (χ3n) is 8.39. The number of nitrogens with zero attached hydrogens (tertiary/aromatic N) is 3. The summed E-state index contributed by atoms with van der Waals surface area (Å²) in [5.74, 6) is 1.16. The first-order valence-corrected chi connectivity index (χ1v) is 16.8. The van der Waals surface area contributed by atoms with Crippen LogP contribution in [0.5, 0.6) is 23.0 Å². The summed E-state index contributed by atoms with van der Waals surface area (Å²) in [6.45, 7) is 3.28. The number of amides is 1. The average Bonchev–Trinajstić information content (AvgIpc) is 3.78. The summed E-state index contributed by atoms with van der Waals surface area (Å²) < 4.78 is 30.0. The zero-order chi connectivity index (χ0) is 34.5. The van der Waals surface area contributed by atoms with Crippen molar-refractivity contribution < 1.29 is 33.3 Å². The highest BCUT2D eigenvalue weighted by molar-refractivity contribution is 7.07. The largest absolute Gasteiger partial charge is 0.493 e. The normalized spacial score (nSPS) is 15.8. The highest BCUT2D eigenvalue weighted by Crippen LogP contribution is 2.38. The minimum atomic E-state index is -0.883. The number of rotatable bonds is 11. The molecule has 0 aliphatic carbocycles. The van der Waals surface area contributed by atoms with Crippen LogP contribution in [-0.2, 0) is 14.3 Å². The minimum Gasteiger partial charge on any atom is -0.493 e. The molecule has 3 aromatic carbocycles. The van der Waals surface area contributed by atoms with Gasteiger partial charge in [-0.1, -0.05) is 53.8 Å². The Labute approximate surface area is 287 Å². The number of esters is 1. The number of aromatic nitrogens is 1. The molecular formula is C37H37N3O8S. The Morgan fingerprint density at radius 1 is 0.898 bits per heavy atom. The molecule has 0 bridgehead atoms. The Morgan fingerprint density at radius 3 is 2.29 bits per heavy atom. The molecule has 0 radical (unpaired) electrons. The molecule has 1 amide bonds. The number of hydrogen-bond acceptors (Lipinski definition) is 10. The van der Waals surface area contributed by atoms with Gasteiger partial charge in [-0.15, -0.1) is 0 Å². The van der Waals surface area contributed by atoms with Crippen molar-refractivity contribution in [2.75, 3.05) is 47.6 Å². The van der Waals surface area contributed by atoms with Gasteiger partial charge in [0.2, 0.25) is 0 Å². The number of likely N-dealkylation sites (tertiary alicyclic amines) is 1. The fourth-order valence-corrected chi connectivity index (χ4v) is 7.02. The van der Waals surface area contributed by atoms with Crippen LogP contribution in [0.1, 0.15) is 42.5 Å². The SMILES string of the molecule is CCOC(=O)C1=C(c2ccccc2)N=c2s/c(=C/c3ccc(OCC(=O)N4CCCC4)c(OC)c3)c(=O)n2[C@H]1c1ccc(OC)c(OC)c1. The second-order valence-corrected chi connectivity index (χ2v) is 12.3. The number of hydrogen-bond donors (Lipinski definition) is 0. The van der Waals surface area contributed by atoms with E-state index >= 15 is 0 Å². The molecule has 0 saturated carbocycles. The molecule has 3 heterocycles. The monoisotopic (exact) mass is 683 g/mol. The van der Waals surface area contributed by atoms with Gasteiger partial charge in [0.25, 0.3) is 11.5 Å². The molecule has 49 heavy (non-hydrogen) atoms. The van der Waals surface area contributed by atoms with E-state index in [9.17, 15) is 14.4 Å². The average molecular weight is 684 g/mol. The van der Waals surface area contributed by atoms with Crippen LogP contribution in [0.2, 0.25) is 0 Å². The first-order valence-electron chi connectivity index (χ1n) is 16.0. The van der Waals surface area contributed by atoms with Gasteiger partial charge in [0.1, 0.15) is 0 Å². The van der Waals surface area contributed by atoms with E-state index in [1.165, 1.54) is 30.1 Å². The topological polar surface area (TPSA) is 118 Å². The van der Waals surface area contributed by atoms with Gasteiger partial charge in [0, 0.05) is 18.7 Å². The van der Waals surface area contributed by atoms with Gasteiger partial charge in [-0.2, -0.15) is 0 Å². The van der Waals surface area contributed by atoms with Crippen LogP contribution in [0.25, 0.3) is 11.8 Å². The molecule has 254 valence electrons. The Kier molecular flexibility index (Phi) is 10.1. The quantitative estimate of drug-likeness (QED) is 0.218. The van der Waals surface area contributed by atoms with Crippen LogP contribution in [0.3, 0.4) is 0 Å². The molecule has 2 aliphatic rings. The summed E-state index contributed by atoms with van der Waals surface area (Å²) in [5.41, 5.74) is 2.30. The predicted molar refractivity (Wildman–Crippen MR) is 185 cm³/mol. The maximum atomic E-state index is 14.3. The highest BCUT2D eigenvalue weighted by Gasteiger charge is 2.35. The molecule has 6 rings (SSSR count). The van der Waals surface area contributed by atoms with Crippen LogP contribution in [-0.4, -0.2) is 69.0 Å². The van der Waals surface area contributed by atoms with E-state index in [0.717, 1.165) is 25.9 Å². The van der Waals surface area contributed by atoms with Crippen molar-refractivity contribution in [2.24, 2.45) is 4.99 Å². The number of benzene rings is 3. The number of fused-ring (bicyclic) bond motifs is 1. The van der Waals surface area contributed by atoms with E-state index in [4.69, 9.17) is 28.7 Å². The van der Waals surface area contributed by atoms with Crippen molar-refractivity contribution in [3.63, 3.8) is 0 Å². The molecule has 1 fully saturated rings. The predicted octanol–water partition coefficient (Wildman–Crippen LogP) is 3.96. The lowest BCUT2D eigenvalue weighted by Gasteiger charge is -2.26. The second-order valence-electron chi connectivity index (χ2n) is 11.3. The summed E-state index contributed by atoms with van der Waals surface area (Å²) in [5, 5.41) is 0. The zero-order valence-corrected chi connectivity index (χ0v) is 28.6. The molecular weight excluding hydrogens is 646 g/mol. The van der Waals surface area contributed by atoms with Crippen LogP contribution < -0.4 is 33.8 Å². The van der Waals surface area contributed by atoms with Gasteiger partial charge in [0.05, 0.1) is 49.8 Å². The molecule has 0 unspecified atom stereocenters. The van der Waals surface area contributed by atoms with E-state index in [0.29, 0.717) is 54.7 Å². The van der Waals surface area contributed by atoms with Crippen LogP contribution in [0.4, 0.5) is 0 Å². The van der Waals surface area contributed by atoms with Gasteiger partial charge in [0.15, 0.2) is 34.4 Å². The summed E-state index contributed by atoms with van der Waals surface area (Å²) in [4.78, 5) is 47.7. The fourth-order valence-electron chi connectivity index (χ4n) is 6.02. The maximum Gasteiger partial charge on any atom is 0.338 e. The zero-order valence-electron chi connectivity index (χ0n) is 27.8. The molecule has 0 spiro atoms. The van der Waals surface area contributed by atoms with Crippen molar-refractivity contribution >= 4 is 35.0 Å². The highest BCUT2D eigenvalue weighted by atomic mass is 32.1. The van der Waals surface area contributed by atoms with Crippen LogP contribution in [0, 0.1) is 0 Å².